The van der Waals surface area contributed by atoms with Gasteiger partial charge >= 0.3 is 0 Å². The molecule has 4 rings (SSSR count). The lowest BCUT2D eigenvalue weighted by atomic mass is 9.73. The van der Waals surface area contributed by atoms with Crippen molar-refractivity contribution in [3.8, 4) is 5.88 Å². The van der Waals surface area contributed by atoms with Crippen LogP contribution in [0.15, 0.2) is 18.3 Å². The van der Waals surface area contributed by atoms with Crippen molar-refractivity contribution in [1.82, 2.24) is 9.88 Å². The molecule has 3 nitrogen and oxygen atoms in total. The van der Waals surface area contributed by atoms with E-state index >= 15 is 0 Å². The molecular weight excluding hydrogens is 236 g/mol. The van der Waals surface area contributed by atoms with E-state index in [9.17, 15) is 5.11 Å². The van der Waals surface area contributed by atoms with E-state index in [2.05, 4.69) is 16.9 Å². The molecule has 0 spiro atoms. The Hall–Kier alpha value is -0.800. The van der Waals surface area contributed by atoms with E-state index in [-0.39, 0.29) is 18.3 Å². The maximum atomic E-state index is 9.23. The van der Waals surface area contributed by atoms with Gasteiger partial charge in [-0.3, -0.25) is 4.90 Å². The fraction of sp³-hybridized carbons (Fsp3) is 0.615. The van der Waals surface area contributed by atoms with Crippen LogP contribution in [-0.4, -0.2) is 28.1 Å². The van der Waals surface area contributed by atoms with E-state index in [0.717, 1.165) is 12.0 Å². The second kappa shape index (κ2) is 4.83. The van der Waals surface area contributed by atoms with Crippen molar-refractivity contribution < 1.29 is 5.11 Å². The van der Waals surface area contributed by atoms with Crippen LogP contribution in [0.5, 0.6) is 5.88 Å². The van der Waals surface area contributed by atoms with Crippen LogP contribution in [0.1, 0.15) is 37.3 Å². The first-order chi connectivity index (χ1) is 7.75. The Balaban J connectivity index is 0.00000108. The van der Waals surface area contributed by atoms with Crippen molar-refractivity contribution in [2.75, 3.05) is 7.05 Å². The lowest BCUT2D eigenvalue weighted by Gasteiger charge is -2.50. The van der Waals surface area contributed by atoms with Crippen molar-refractivity contribution in [3.63, 3.8) is 0 Å². The van der Waals surface area contributed by atoms with Gasteiger partial charge in [-0.25, -0.2) is 4.98 Å². The summed E-state index contributed by atoms with van der Waals surface area (Å²) in [5, 5.41) is 9.23. The fourth-order valence-electron chi connectivity index (χ4n) is 3.46. The number of nitrogens with zero attached hydrogens (tertiary/aromatic N) is 2. The molecule has 4 heteroatoms. The van der Waals surface area contributed by atoms with Crippen LogP contribution in [-0.2, 0) is 0 Å². The van der Waals surface area contributed by atoms with Crippen LogP contribution in [0.4, 0.5) is 0 Å². The molecule has 3 heterocycles. The molecule has 0 aromatic carbocycles. The third kappa shape index (κ3) is 2.14. The van der Waals surface area contributed by atoms with E-state index in [1.54, 1.807) is 6.07 Å². The summed E-state index contributed by atoms with van der Waals surface area (Å²) in [5.74, 6) is 0.897. The van der Waals surface area contributed by atoms with Crippen molar-refractivity contribution >= 4 is 12.4 Å². The summed E-state index contributed by atoms with van der Waals surface area (Å²) in [7, 11) is 2.23. The van der Waals surface area contributed by atoms with Crippen LogP contribution in [0, 0.1) is 5.92 Å². The summed E-state index contributed by atoms with van der Waals surface area (Å²) in [4.78, 5) is 6.51. The molecule has 1 aliphatic carbocycles. The Bertz CT molecular complexity index is 372. The Morgan fingerprint density at radius 3 is 2.47 bits per heavy atom. The quantitative estimate of drug-likeness (QED) is 0.837. The van der Waals surface area contributed by atoms with E-state index in [1.807, 2.05) is 12.3 Å². The first-order valence-corrected chi connectivity index (χ1v) is 6.12. The predicted molar refractivity (Wildman–Crippen MR) is 69.4 cm³/mol. The standard InChI is InChI=1S/C13H18N2O.ClH/c1-15-11-5-2-9(3-6-11)13(15)10-4-7-12(16)14-8-10;/h4,7-9,11,13H,2-3,5-6H2,1H3,(H,14,16);1H. The van der Waals surface area contributed by atoms with Crippen LogP contribution < -0.4 is 0 Å². The molecule has 1 atom stereocenters. The van der Waals surface area contributed by atoms with Crippen LogP contribution in [0.3, 0.4) is 0 Å². The molecule has 1 unspecified atom stereocenters. The van der Waals surface area contributed by atoms with Gasteiger partial charge < -0.3 is 5.11 Å². The van der Waals surface area contributed by atoms with Gasteiger partial charge in [-0.15, -0.1) is 12.4 Å². The predicted octanol–water partition coefficient (Wildman–Crippen LogP) is 2.75. The SMILES string of the molecule is CN1C2CCC(CC2)C1c1ccc(O)nc1.Cl. The number of halogens is 1. The van der Waals surface area contributed by atoms with Gasteiger partial charge in [0.2, 0.25) is 5.88 Å². The highest BCUT2D eigenvalue weighted by atomic mass is 35.5. The number of fused-ring (bicyclic) bond motifs is 3. The maximum absolute atomic E-state index is 9.23. The van der Waals surface area contributed by atoms with Crippen molar-refractivity contribution in [2.45, 2.75) is 37.8 Å². The minimum Gasteiger partial charge on any atom is -0.493 e. The molecule has 0 amide bonds. The maximum Gasteiger partial charge on any atom is 0.210 e. The van der Waals surface area contributed by atoms with Crippen molar-refractivity contribution in [2.24, 2.45) is 5.92 Å². The van der Waals surface area contributed by atoms with Gasteiger partial charge in [0.1, 0.15) is 0 Å². The average Bonchev–Trinajstić information content (AvgIpc) is 2.32. The first-order valence-electron chi connectivity index (χ1n) is 6.12. The molecule has 1 aromatic rings. The number of hydrogen-bond acceptors (Lipinski definition) is 3. The zero-order chi connectivity index (χ0) is 11.1. The topological polar surface area (TPSA) is 36.4 Å². The van der Waals surface area contributed by atoms with Gasteiger partial charge in [0.25, 0.3) is 0 Å². The number of rotatable bonds is 1. The second-order valence-corrected chi connectivity index (χ2v) is 5.13. The molecule has 2 bridgehead atoms. The highest BCUT2D eigenvalue weighted by Crippen LogP contribution is 2.46. The molecule has 94 valence electrons. The molecule has 2 aliphatic heterocycles. The Morgan fingerprint density at radius 1 is 1.24 bits per heavy atom. The second-order valence-electron chi connectivity index (χ2n) is 5.13. The van der Waals surface area contributed by atoms with Crippen molar-refractivity contribution in [3.05, 3.63) is 23.9 Å². The smallest absolute Gasteiger partial charge is 0.210 e. The largest absolute Gasteiger partial charge is 0.493 e. The van der Waals surface area contributed by atoms with Gasteiger partial charge in [-0.1, -0.05) is 6.07 Å². The van der Waals surface area contributed by atoms with Gasteiger partial charge in [0.05, 0.1) is 0 Å². The number of pyridine rings is 1. The lowest BCUT2D eigenvalue weighted by molar-refractivity contribution is 0.00711. The zero-order valence-electron chi connectivity index (χ0n) is 10.0. The summed E-state index contributed by atoms with van der Waals surface area (Å²) >= 11 is 0. The number of aromatic hydroxyl groups is 1. The monoisotopic (exact) mass is 254 g/mol. The molecule has 3 aliphatic rings. The molecule has 2 saturated heterocycles. The highest BCUT2D eigenvalue weighted by molar-refractivity contribution is 5.85. The van der Waals surface area contributed by atoms with Gasteiger partial charge in [0, 0.05) is 24.3 Å². The minimum absolute atomic E-state index is 0. The third-order valence-corrected chi connectivity index (χ3v) is 4.31. The average molecular weight is 255 g/mol. The first kappa shape index (κ1) is 12.7. The third-order valence-electron chi connectivity index (χ3n) is 4.31. The molecule has 3 fully saturated rings. The van der Waals surface area contributed by atoms with Crippen LogP contribution in [0.2, 0.25) is 0 Å². The number of hydrogen-bond donors (Lipinski definition) is 1. The lowest BCUT2D eigenvalue weighted by Crippen LogP contribution is -2.47. The van der Waals surface area contributed by atoms with E-state index in [4.69, 9.17) is 0 Å². The van der Waals surface area contributed by atoms with Gasteiger partial charge in [-0.05, 0) is 44.2 Å². The summed E-state index contributed by atoms with van der Waals surface area (Å²) in [6.07, 6.45) is 7.23. The van der Waals surface area contributed by atoms with Crippen LogP contribution in [0.25, 0.3) is 0 Å². The molecule has 1 saturated carbocycles. The molecular formula is C13H19ClN2O. The normalized spacial score (nSPS) is 32.2. The summed E-state index contributed by atoms with van der Waals surface area (Å²) in [5.41, 5.74) is 1.26. The highest BCUT2D eigenvalue weighted by Gasteiger charge is 2.40. The molecule has 0 radical (unpaired) electrons. The van der Waals surface area contributed by atoms with Crippen molar-refractivity contribution in [1.29, 1.82) is 0 Å². The van der Waals surface area contributed by atoms with Crippen LogP contribution >= 0.6 is 12.4 Å². The molecule has 1 aromatic heterocycles. The van der Waals surface area contributed by atoms with E-state index in [0.29, 0.717) is 6.04 Å². The van der Waals surface area contributed by atoms with Gasteiger partial charge in [0.15, 0.2) is 0 Å². The Labute approximate surface area is 108 Å². The summed E-state index contributed by atoms with van der Waals surface area (Å²) in [6.45, 7) is 0. The Morgan fingerprint density at radius 2 is 1.94 bits per heavy atom. The van der Waals surface area contributed by atoms with Gasteiger partial charge in [-0.2, -0.15) is 0 Å². The zero-order valence-corrected chi connectivity index (χ0v) is 10.9. The van der Waals surface area contributed by atoms with E-state index < -0.39 is 0 Å². The Kier molecular flexibility index (Phi) is 3.59. The molecule has 1 N–H and O–H groups in total. The number of aromatic nitrogens is 1. The van der Waals surface area contributed by atoms with E-state index in [1.165, 1.54) is 31.2 Å². The minimum atomic E-state index is 0. The summed E-state index contributed by atoms with van der Waals surface area (Å²) in [6, 6.07) is 4.99. The molecule has 17 heavy (non-hydrogen) atoms. The number of piperidine rings is 2. The fourth-order valence-corrected chi connectivity index (χ4v) is 3.46. The summed E-state index contributed by atoms with van der Waals surface area (Å²) < 4.78 is 0.